The molecule has 0 bridgehead atoms. The van der Waals surface area contributed by atoms with Crippen LogP contribution in [0.15, 0.2) is 0 Å². The van der Waals surface area contributed by atoms with Gasteiger partial charge < -0.3 is 9.84 Å². The van der Waals surface area contributed by atoms with Gasteiger partial charge in [0.15, 0.2) is 0 Å². The Morgan fingerprint density at radius 1 is 1.88 bits per heavy atom. The Morgan fingerprint density at radius 2 is 2.38 bits per heavy atom. The number of aliphatic hydroxyl groups excluding tert-OH is 1. The second-order valence-corrected chi connectivity index (χ2v) is 2.53. The smallest absolute Gasteiger partial charge is 0.114 e. The number of ether oxygens (including phenoxy) is 1. The second-order valence-electron chi connectivity index (χ2n) is 2.53. The Kier molecular flexibility index (Phi) is 1.29. The lowest BCUT2D eigenvalue weighted by Gasteiger charge is -2.10. The average molecular weight is 116 g/mol. The van der Waals surface area contributed by atoms with E-state index in [1.54, 1.807) is 0 Å². The first-order valence-electron chi connectivity index (χ1n) is 3.01. The molecule has 2 heteroatoms. The molecule has 0 spiro atoms. The summed E-state index contributed by atoms with van der Waals surface area (Å²) in [5, 5.41) is 9.13. The van der Waals surface area contributed by atoms with E-state index in [2.05, 4.69) is 0 Å². The molecule has 1 N–H and O–H groups in total. The summed E-state index contributed by atoms with van der Waals surface area (Å²) in [6.45, 7) is 4.61. The van der Waals surface area contributed by atoms with Crippen molar-refractivity contribution in [3.05, 3.63) is 0 Å². The van der Waals surface area contributed by atoms with Gasteiger partial charge in [-0.05, 0) is 13.3 Å². The lowest BCUT2D eigenvalue weighted by molar-refractivity contribution is 0.0817. The molecule has 0 aromatic carbocycles. The number of epoxide rings is 1. The van der Waals surface area contributed by atoms with Crippen LogP contribution in [-0.4, -0.2) is 23.4 Å². The summed E-state index contributed by atoms with van der Waals surface area (Å²) in [7, 11) is 0. The first-order chi connectivity index (χ1) is 3.69. The van der Waals surface area contributed by atoms with E-state index in [4.69, 9.17) is 9.84 Å². The molecule has 0 radical (unpaired) electrons. The molecular formula is C6H12O2. The van der Waals surface area contributed by atoms with Gasteiger partial charge in [0.25, 0.3) is 0 Å². The zero-order valence-corrected chi connectivity index (χ0v) is 5.35. The molecule has 8 heavy (non-hydrogen) atoms. The van der Waals surface area contributed by atoms with E-state index in [0.717, 1.165) is 13.0 Å². The zero-order valence-electron chi connectivity index (χ0n) is 5.35. The van der Waals surface area contributed by atoms with Crippen LogP contribution >= 0.6 is 0 Å². The Balaban J connectivity index is 2.34. The fraction of sp³-hybridized carbons (Fsp3) is 1.00. The van der Waals surface area contributed by atoms with Crippen molar-refractivity contribution in [2.45, 2.75) is 32.0 Å². The van der Waals surface area contributed by atoms with Gasteiger partial charge >= 0.3 is 0 Å². The molecule has 1 fully saturated rings. The molecule has 0 aliphatic carbocycles. The Labute approximate surface area is 49.5 Å². The highest BCUT2D eigenvalue weighted by molar-refractivity contribution is 4.93. The normalized spacial score (nSPS) is 39.4. The SMILES string of the molecule is CC[C@@H](O)[C@]1(C)CO1. The maximum atomic E-state index is 9.13. The van der Waals surface area contributed by atoms with E-state index < -0.39 is 0 Å². The van der Waals surface area contributed by atoms with Gasteiger partial charge in [0.1, 0.15) is 5.60 Å². The molecule has 0 unspecified atom stereocenters. The zero-order chi connectivity index (χ0) is 6.20. The fourth-order valence-electron chi connectivity index (χ4n) is 0.738. The molecule has 48 valence electrons. The minimum atomic E-state index is -0.262. The maximum Gasteiger partial charge on any atom is 0.114 e. The van der Waals surface area contributed by atoms with E-state index >= 15 is 0 Å². The summed E-state index contributed by atoms with van der Waals surface area (Å²) in [6.07, 6.45) is 0.527. The van der Waals surface area contributed by atoms with Crippen molar-refractivity contribution >= 4 is 0 Å². The van der Waals surface area contributed by atoms with E-state index in [-0.39, 0.29) is 11.7 Å². The third-order valence-corrected chi connectivity index (χ3v) is 1.69. The third-order valence-electron chi connectivity index (χ3n) is 1.69. The lowest BCUT2D eigenvalue weighted by Crippen LogP contribution is -2.24. The molecule has 1 rings (SSSR count). The van der Waals surface area contributed by atoms with Crippen LogP contribution in [0.4, 0.5) is 0 Å². The number of hydrogen-bond donors (Lipinski definition) is 1. The lowest BCUT2D eigenvalue weighted by atomic mass is 10.0. The number of hydrogen-bond acceptors (Lipinski definition) is 2. The van der Waals surface area contributed by atoms with Crippen LogP contribution in [0.25, 0.3) is 0 Å². The highest BCUT2D eigenvalue weighted by Gasteiger charge is 2.45. The second kappa shape index (κ2) is 1.71. The van der Waals surface area contributed by atoms with Crippen molar-refractivity contribution in [1.29, 1.82) is 0 Å². The fourth-order valence-corrected chi connectivity index (χ4v) is 0.738. The van der Waals surface area contributed by atoms with Crippen molar-refractivity contribution in [1.82, 2.24) is 0 Å². The summed E-state index contributed by atoms with van der Waals surface area (Å²) in [5.74, 6) is 0. The van der Waals surface area contributed by atoms with Crippen LogP contribution in [0.3, 0.4) is 0 Å². The molecule has 2 atom stereocenters. The molecule has 1 aliphatic rings. The van der Waals surface area contributed by atoms with Gasteiger partial charge in [-0.1, -0.05) is 6.92 Å². The third kappa shape index (κ3) is 0.858. The van der Waals surface area contributed by atoms with E-state index in [9.17, 15) is 0 Å². The van der Waals surface area contributed by atoms with Crippen LogP contribution in [0, 0.1) is 0 Å². The van der Waals surface area contributed by atoms with Gasteiger partial charge in [0.2, 0.25) is 0 Å². The molecule has 1 heterocycles. The summed E-state index contributed by atoms with van der Waals surface area (Å²) < 4.78 is 5.00. The summed E-state index contributed by atoms with van der Waals surface area (Å²) in [4.78, 5) is 0. The van der Waals surface area contributed by atoms with Gasteiger partial charge in [-0.15, -0.1) is 0 Å². The van der Waals surface area contributed by atoms with Crippen molar-refractivity contribution in [3.8, 4) is 0 Å². The minimum Gasteiger partial charge on any atom is -0.390 e. The van der Waals surface area contributed by atoms with Crippen LogP contribution in [0.2, 0.25) is 0 Å². The average Bonchev–Trinajstić information content (AvgIpc) is 2.47. The summed E-state index contributed by atoms with van der Waals surface area (Å²) in [6, 6.07) is 0. The molecule has 1 aliphatic heterocycles. The first kappa shape index (κ1) is 6.05. The molecule has 0 saturated carbocycles. The molecule has 1 saturated heterocycles. The van der Waals surface area contributed by atoms with Gasteiger partial charge in [0, 0.05) is 0 Å². The van der Waals surface area contributed by atoms with Crippen molar-refractivity contribution in [3.63, 3.8) is 0 Å². The Bertz CT molecular complexity index is 86.5. The predicted molar refractivity (Wildman–Crippen MR) is 30.7 cm³/mol. The molecule has 0 aromatic rings. The summed E-state index contributed by atoms with van der Waals surface area (Å²) >= 11 is 0. The number of rotatable bonds is 2. The predicted octanol–water partition coefficient (Wildman–Crippen LogP) is 0.546. The van der Waals surface area contributed by atoms with Crippen LogP contribution in [0.1, 0.15) is 20.3 Å². The quantitative estimate of drug-likeness (QED) is 0.534. The highest BCUT2D eigenvalue weighted by atomic mass is 16.6. The van der Waals surface area contributed by atoms with Crippen molar-refractivity contribution in [2.75, 3.05) is 6.61 Å². The number of aliphatic hydroxyl groups is 1. The largest absolute Gasteiger partial charge is 0.390 e. The molecule has 2 nitrogen and oxygen atoms in total. The van der Waals surface area contributed by atoms with Gasteiger partial charge in [-0.25, -0.2) is 0 Å². The molecule has 0 amide bonds. The van der Waals surface area contributed by atoms with Crippen LogP contribution in [0.5, 0.6) is 0 Å². The minimum absolute atomic E-state index is 0.186. The topological polar surface area (TPSA) is 32.8 Å². The van der Waals surface area contributed by atoms with Crippen molar-refractivity contribution in [2.24, 2.45) is 0 Å². The monoisotopic (exact) mass is 116 g/mol. The Morgan fingerprint density at radius 3 is 2.50 bits per heavy atom. The van der Waals surface area contributed by atoms with E-state index in [1.165, 1.54) is 0 Å². The molecule has 0 aromatic heterocycles. The van der Waals surface area contributed by atoms with Crippen molar-refractivity contribution < 1.29 is 9.84 Å². The van der Waals surface area contributed by atoms with Gasteiger partial charge in [-0.2, -0.15) is 0 Å². The van der Waals surface area contributed by atoms with E-state index in [0.29, 0.717) is 0 Å². The van der Waals surface area contributed by atoms with Gasteiger partial charge in [0.05, 0.1) is 12.7 Å². The first-order valence-corrected chi connectivity index (χ1v) is 3.01. The van der Waals surface area contributed by atoms with E-state index in [1.807, 2.05) is 13.8 Å². The van der Waals surface area contributed by atoms with Gasteiger partial charge in [-0.3, -0.25) is 0 Å². The highest BCUT2D eigenvalue weighted by Crippen LogP contribution is 2.31. The Hall–Kier alpha value is -0.0800. The van der Waals surface area contributed by atoms with Crippen LogP contribution in [-0.2, 0) is 4.74 Å². The maximum absolute atomic E-state index is 9.13. The summed E-state index contributed by atoms with van der Waals surface area (Å²) in [5.41, 5.74) is -0.186. The standard InChI is InChI=1S/C6H12O2/c1-3-5(7)6(2)4-8-6/h5,7H,3-4H2,1-2H3/t5-,6+/m1/s1. The molecular weight excluding hydrogens is 104 g/mol. The van der Waals surface area contributed by atoms with Crippen LogP contribution < -0.4 is 0 Å².